The minimum Gasteiger partial charge on any atom is -0.380 e. The molecular weight excluding hydrogens is 495 g/mol. The Bertz CT molecular complexity index is 1270. The highest BCUT2D eigenvalue weighted by molar-refractivity contribution is 5.85. The van der Waals surface area contributed by atoms with Gasteiger partial charge in [-0.15, -0.1) is 0 Å². The molecule has 4 rings (SSSR count). The van der Waals surface area contributed by atoms with Gasteiger partial charge in [0.1, 0.15) is 23.6 Å². The molecule has 1 aromatic heterocycles. The number of carbonyl (C=O) groups is 1. The predicted octanol–water partition coefficient (Wildman–Crippen LogP) is 3.83. The molecule has 0 aliphatic carbocycles. The maximum Gasteiger partial charge on any atom is 0.252 e. The third kappa shape index (κ3) is 5.91. The van der Waals surface area contributed by atoms with Crippen molar-refractivity contribution in [2.75, 3.05) is 19.6 Å². The van der Waals surface area contributed by atoms with Crippen LogP contribution in [0.15, 0.2) is 48.5 Å². The van der Waals surface area contributed by atoms with E-state index in [1.165, 1.54) is 11.6 Å². The van der Waals surface area contributed by atoms with Crippen molar-refractivity contribution in [2.45, 2.75) is 51.9 Å². The van der Waals surface area contributed by atoms with Gasteiger partial charge in [0.25, 0.3) is 5.91 Å². The van der Waals surface area contributed by atoms with Gasteiger partial charge in [0.15, 0.2) is 11.4 Å². The van der Waals surface area contributed by atoms with Gasteiger partial charge in [-0.25, -0.2) is 22.8 Å². The third-order valence-corrected chi connectivity index (χ3v) is 6.97. The van der Waals surface area contributed by atoms with Crippen LogP contribution in [0.3, 0.4) is 0 Å². The van der Waals surface area contributed by atoms with Gasteiger partial charge in [-0.2, -0.15) is 5.10 Å². The van der Waals surface area contributed by atoms with Gasteiger partial charge in [0, 0.05) is 25.6 Å². The van der Waals surface area contributed by atoms with Crippen LogP contribution in [0, 0.1) is 23.0 Å². The molecule has 4 atom stereocenters. The molecule has 0 saturated carbocycles. The number of halogens is 3. The van der Waals surface area contributed by atoms with Crippen molar-refractivity contribution in [1.29, 1.82) is 0 Å². The molecule has 2 heterocycles. The summed E-state index contributed by atoms with van der Waals surface area (Å²) in [4.78, 5) is 17.9. The zero-order valence-electron chi connectivity index (χ0n) is 22.0. The van der Waals surface area contributed by atoms with Crippen molar-refractivity contribution in [3.8, 4) is 11.4 Å². The molecule has 38 heavy (non-hydrogen) atoms. The first-order chi connectivity index (χ1) is 17.9. The second-order valence-electron chi connectivity index (χ2n) is 11.2. The lowest BCUT2D eigenvalue weighted by atomic mass is 9.70. The Morgan fingerprint density at radius 2 is 1.87 bits per heavy atom. The van der Waals surface area contributed by atoms with Crippen LogP contribution < -0.4 is 10.6 Å². The van der Waals surface area contributed by atoms with Crippen LogP contribution in [0.1, 0.15) is 45.0 Å². The van der Waals surface area contributed by atoms with Crippen molar-refractivity contribution >= 4 is 5.91 Å². The molecule has 10 heteroatoms. The summed E-state index contributed by atoms with van der Waals surface area (Å²) < 4.78 is 44.3. The minimum atomic E-state index is -1.99. The molecule has 0 bridgehead atoms. The number of hydrogen-bond acceptors (Lipinski definition) is 5. The maximum atomic E-state index is 14.7. The number of hydrogen-bond donors (Lipinski definition) is 3. The highest BCUT2D eigenvalue weighted by atomic mass is 19.1. The van der Waals surface area contributed by atoms with Gasteiger partial charge < -0.3 is 15.7 Å². The average molecular weight is 530 g/mol. The van der Waals surface area contributed by atoms with E-state index in [2.05, 4.69) is 20.7 Å². The molecule has 1 saturated heterocycles. The Morgan fingerprint density at radius 1 is 1.16 bits per heavy atom. The lowest BCUT2D eigenvalue weighted by Crippen LogP contribution is -2.54. The summed E-state index contributed by atoms with van der Waals surface area (Å²) in [7, 11) is 0. The first kappa shape index (κ1) is 27.8. The van der Waals surface area contributed by atoms with Gasteiger partial charge in [0.05, 0.1) is 18.0 Å². The monoisotopic (exact) mass is 529 g/mol. The summed E-state index contributed by atoms with van der Waals surface area (Å²) in [6.45, 7) is 7.88. The topological polar surface area (TPSA) is 92.1 Å². The normalized spacial score (nSPS) is 20.2. The van der Waals surface area contributed by atoms with E-state index < -0.39 is 46.6 Å². The van der Waals surface area contributed by atoms with E-state index >= 15 is 0 Å². The van der Waals surface area contributed by atoms with Crippen LogP contribution in [0.4, 0.5) is 13.2 Å². The number of aromatic nitrogens is 3. The van der Waals surface area contributed by atoms with E-state index in [0.717, 1.165) is 23.8 Å². The van der Waals surface area contributed by atoms with Gasteiger partial charge in [-0.3, -0.25) is 4.79 Å². The molecule has 1 aliphatic heterocycles. The summed E-state index contributed by atoms with van der Waals surface area (Å²) in [6.07, 6.45) is -1.09. The van der Waals surface area contributed by atoms with Crippen molar-refractivity contribution < 1.29 is 23.1 Å². The number of nitrogens with zero attached hydrogens (tertiary/aromatic N) is 3. The number of alkyl halides is 1. The van der Waals surface area contributed by atoms with Crippen LogP contribution in [0.2, 0.25) is 0 Å². The first-order valence-corrected chi connectivity index (χ1v) is 12.7. The molecule has 0 spiro atoms. The largest absolute Gasteiger partial charge is 0.380 e. The van der Waals surface area contributed by atoms with Gasteiger partial charge in [0.2, 0.25) is 0 Å². The molecule has 1 amide bonds. The molecule has 3 aromatic rings. The van der Waals surface area contributed by atoms with Gasteiger partial charge in [-0.1, -0.05) is 51.1 Å². The summed E-state index contributed by atoms with van der Waals surface area (Å²) in [5.74, 6) is -3.15. The lowest BCUT2D eigenvalue weighted by molar-refractivity contribution is -0.144. The molecule has 3 N–H and O–H groups in total. The molecule has 1 unspecified atom stereocenters. The molecule has 2 aromatic carbocycles. The SMILES string of the molecule is CC(C)(C)[C@H](c1nc(-c2cc(F)ccc2F)nn1Cc1ccccc1)C(C)(O)C(=O)NC[C@@H]1CNC[C@@H]1F. The zero-order chi connectivity index (χ0) is 27.7. The number of benzene rings is 2. The van der Waals surface area contributed by atoms with Crippen molar-refractivity contribution in [1.82, 2.24) is 25.4 Å². The lowest BCUT2D eigenvalue weighted by Gasteiger charge is -2.39. The zero-order valence-corrected chi connectivity index (χ0v) is 22.0. The van der Waals surface area contributed by atoms with Crippen molar-refractivity contribution in [3.05, 3.63) is 71.6 Å². The quantitative estimate of drug-likeness (QED) is 0.413. The van der Waals surface area contributed by atoms with E-state index in [4.69, 9.17) is 0 Å². The number of rotatable bonds is 8. The third-order valence-electron chi connectivity index (χ3n) is 6.97. The molecule has 204 valence electrons. The van der Waals surface area contributed by atoms with E-state index in [0.29, 0.717) is 6.54 Å². The van der Waals surface area contributed by atoms with E-state index in [1.54, 1.807) is 0 Å². The average Bonchev–Trinajstić information content (AvgIpc) is 3.44. The summed E-state index contributed by atoms with van der Waals surface area (Å²) in [5, 5.41) is 21.9. The number of aliphatic hydroxyl groups is 1. The number of amides is 1. The highest BCUT2D eigenvalue weighted by Gasteiger charge is 2.49. The van der Waals surface area contributed by atoms with Crippen LogP contribution >= 0.6 is 0 Å². The second kappa shape index (κ2) is 10.9. The molecular formula is C28H34F3N5O2. The molecule has 1 aliphatic rings. The van der Waals surface area contributed by atoms with Crippen molar-refractivity contribution in [2.24, 2.45) is 11.3 Å². The van der Waals surface area contributed by atoms with E-state index in [1.807, 2.05) is 51.1 Å². The van der Waals surface area contributed by atoms with Crippen LogP contribution in [-0.4, -0.2) is 57.2 Å². The Morgan fingerprint density at radius 3 is 2.50 bits per heavy atom. The standard InChI is InChI=1S/C28H34F3N5O2/c1-27(2,3)23(28(4,38)26(37)33-14-18-13-32-15-22(18)31)25-34-24(20-12-19(29)10-11-21(20)30)35-36(25)16-17-8-6-5-7-9-17/h5-12,18,22-23,32,38H,13-16H2,1-4H3,(H,33,37)/t18-,22-,23-,28?/m0/s1. The predicted molar refractivity (Wildman–Crippen MR) is 138 cm³/mol. The second-order valence-corrected chi connectivity index (χ2v) is 11.2. The summed E-state index contributed by atoms with van der Waals surface area (Å²) in [6, 6.07) is 12.4. The smallest absolute Gasteiger partial charge is 0.252 e. The van der Waals surface area contributed by atoms with E-state index in [9.17, 15) is 23.1 Å². The Hall–Kier alpha value is -3.24. The molecule has 0 radical (unpaired) electrons. The summed E-state index contributed by atoms with van der Waals surface area (Å²) >= 11 is 0. The first-order valence-electron chi connectivity index (χ1n) is 12.7. The number of carbonyl (C=O) groups excluding carboxylic acids is 1. The fourth-order valence-electron chi connectivity index (χ4n) is 5.14. The molecule has 7 nitrogen and oxygen atoms in total. The number of nitrogens with one attached hydrogen (secondary N) is 2. The van der Waals surface area contributed by atoms with Crippen LogP contribution in [0.25, 0.3) is 11.4 Å². The van der Waals surface area contributed by atoms with Crippen LogP contribution in [0.5, 0.6) is 0 Å². The van der Waals surface area contributed by atoms with Crippen LogP contribution in [-0.2, 0) is 11.3 Å². The van der Waals surface area contributed by atoms with Gasteiger partial charge >= 0.3 is 0 Å². The Labute approximate surface area is 220 Å². The highest BCUT2D eigenvalue weighted by Crippen LogP contribution is 2.43. The van der Waals surface area contributed by atoms with Crippen molar-refractivity contribution in [3.63, 3.8) is 0 Å². The Kier molecular flexibility index (Phi) is 7.94. The Balaban J connectivity index is 1.76. The molecule has 1 fully saturated rings. The fraction of sp³-hybridized carbons (Fsp3) is 0.464. The maximum absolute atomic E-state index is 14.7. The fourth-order valence-corrected chi connectivity index (χ4v) is 5.14. The summed E-state index contributed by atoms with van der Waals surface area (Å²) in [5.41, 5.74) is -1.98. The van der Waals surface area contributed by atoms with E-state index in [-0.39, 0.29) is 36.8 Å². The van der Waals surface area contributed by atoms with Gasteiger partial charge in [-0.05, 0) is 36.1 Å². The minimum absolute atomic E-state index is 0.0595.